The summed E-state index contributed by atoms with van der Waals surface area (Å²) in [7, 11) is 0. The van der Waals surface area contributed by atoms with Crippen LogP contribution < -0.4 is 5.32 Å². The monoisotopic (exact) mass is 818 g/mol. The minimum Gasteiger partial charge on any atom is -0.466 e. The SMILES string of the molecule is CCCCCCCC/C=C\CCCCCCCC(=O)OCCCCCCCCCCCCCCCCCCCC(=O)NC(CO)C(O)/C=C/CCCCCCCCC. The Morgan fingerprint density at radius 1 is 0.466 bits per heavy atom. The van der Waals surface area contributed by atoms with Crippen LogP contribution in [0.3, 0.4) is 0 Å². The van der Waals surface area contributed by atoms with Gasteiger partial charge in [0.25, 0.3) is 0 Å². The van der Waals surface area contributed by atoms with Crippen molar-refractivity contribution < 1.29 is 24.5 Å². The molecule has 0 aliphatic heterocycles. The lowest BCUT2D eigenvalue weighted by atomic mass is 10.0. The van der Waals surface area contributed by atoms with Crippen molar-refractivity contribution in [1.82, 2.24) is 5.32 Å². The number of aliphatic hydroxyl groups is 2. The van der Waals surface area contributed by atoms with E-state index in [1.54, 1.807) is 6.08 Å². The lowest BCUT2D eigenvalue weighted by Crippen LogP contribution is -2.45. The molecule has 0 aromatic carbocycles. The van der Waals surface area contributed by atoms with Crippen molar-refractivity contribution in [1.29, 1.82) is 0 Å². The second-order valence-electron chi connectivity index (χ2n) is 17.5. The van der Waals surface area contributed by atoms with Crippen molar-refractivity contribution in [3.8, 4) is 0 Å². The molecule has 58 heavy (non-hydrogen) atoms. The first-order valence-corrected chi connectivity index (χ1v) is 25.6. The van der Waals surface area contributed by atoms with E-state index in [1.807, 2.05) is 6.08 Å². The highest BCUT2D eigenvalue weighted by atomic mass is 16.5. The zero-order valence-corrected chi connectivity index (χ0v) is 38.8. The van der Waals surface area contributed by atoms with Crippen molar-refractivity contribution in [2.24, 2.45) is 0 Å². The highest BCUT2D eigenvalue weighted by molar-refractivity contribution is 5.76. The quantitative estimate of drug-likeness (QED) is 0.0323. The van der Waals surface area contributed by atoms with E-state index in [-0.39, 0.29) is 18.5 Å². The highest BCUT2D eigenvalue weighted by Gasteiger charge is 2.18. The predicted octanol–water partition coefficient (Wildman–Crippen LogP) is 15.1. The van der Waals surface area contributed by atoms with E-state index in [0.29, 0.717) is 19.4 Å². The van der Waals surface area contributed by atoms with Gasteiger partial charge in [-0.25, -0.2) is 0 Å². The summed E-state index contributed by atoms with van der Waals surface area (Å²) in [5.41, 5.74) is 0. The topological polar surface area (TPSA) is 95.9 Å². The summed E-state index contributed by atoms with van der Waals surface area (Å²) < 4.78 is 5.46. The third-order valence-electron chi connectivity index (χ3n) is 11.7. The molecule has 2 atom stereocenters. The maximum absolute atomic E-state index is 12.4. The molecule has 0 aliphatic rings. The number of carbonyl (C=O) groups is 2. The van der Waals surface area contributed by atoms with Crippen LogP contribution in [-0.4, -0.2) is 47.4 Å². The number of nitrogens with one attached hydrogen (secondary N) is 1. The number of carbonyl (C=O) groups excluding carboxylic acids is 2. The van der Waals surface area contributed by atoms with Crippen LogP contribution in [0, 0.1) is 0 Å². The number of unbranched alkanes of at least 4 members (excludes halogenated alkanes) is 34. The van der Waals surface area contributed by atoms with E-state index in [0.717, 1.165) is 44.9 Å². The zero-order valence-electron chi connectivity index (χ0n) is 38.8. The molecule has 0 radical (unpaired) electrons. The average molecular weight is 818 g/mol. The minimum absolute atomic E-state index is 0.00410. The molecule has 0 saturated heterocycles. The molecule has 6 heteroatoms. The summed E-state index contributed by atoms with van der Waals surface area (Å²) in [4.78, 5) is 24.4. The van der Waals surface area contributed by atoms with Gasteiger partial charge in [-0.15, -0.1) is 0 Å². The van der Waals surface area contributed by atoms with Crippen LogP contribution in [0.15, 0.2) is 24.3 Å². The van der Waals surface area contributed by atoms with Gasteiger partial charge in [-0.2, -0.15) is 0 Å². The first-order valence-electron chi connectivity index (χ1n) is 25.6. The second kappa shape index (κ2) is 48.0. The molecule has 342 valence electrons. The van der Waals surface area contributed by atoms with Crippen molar-refractivity contribution in [3.05, 3.63) is 24.3 Å². The Morgan fingerprint density at radius 3 is 1.22 bits per heavy atom. The molecule has 3 N–H and O–H groups in total. The number of hydrogen-bond acceptors (Lipinski definition) is 5. The number of hydrogen-bond donors (Lipinski definition) is 3. The van der Waals surface area contributed by atoms with Crippen molar-refractivity contribution in [2.75, 3.05) is 13.2 Å². The first kappa shape index (κ1) is 56.3. The van der Waals surface area contributed by atoms with Crippen LogP contribution in [0.5, 0.6) is 0 Å². The van der Waals surface area contributed by atoms with E-state index in [4.69, 9.17) is 4.74 Å². The zero-order chi connectivity index (χ0) is 42.3. The normalized spacial score (nSPS) is 12.8. The van der Waals surface area contributed by atoms with E-state index < -0.39 is 12.1 Å². The summed E-state index contributed by atoms with van der Waals surface area (Å²) in [6, 6.07) is -0.629. The summed E-state index contributed by atoms with van der Waals surface area (Å²) in [6.45, 7) is 4.85. The third kappa shape index (κ3) is 43.9. The minimum atomic E-state index is -0.845. The lowest BCUT2D eigenvalue weighted by molar-refractivity contribution is -0.143. The van der Waals surface area contributed by atoms with E-state index in [9.17, 15) is 19.8 Å². The van der Waals surface area contributed by atoms with Gasteiger partial charge in [0.15, 0.2) is 0 Å². The summed E-state index contributed by atoms with van der Waals surface area (Å²) in [5.74, 6) is -0.0806. The number of aliphatic hydroxyl groups excluding tert-OH is 2. The molecule has 0 aromatic rings. The third-order valence-corrected chi connectivity index (χ3v) is 11.7. The maximum Gasteiger partial charge on any atom is 0.305 e. The molecule has 0 aromatic heterocycles. The first-order chi connectivity index (χ1) is 28.5. The molecule has 2 unspecified atom stereocenters. The van der Waals surface area contributed by atoms with Gasteiger partial charge in [-0.3, -0.25) is 9.59 Å². The molecule has 0 aliphatic carbocycles. The van der Waals surface area contributed by atoms with Crippen molar-refractivity contribution >= 4 is 11.9 Å². The van der Waals surface area contributed by atoms with Crippen LogP contribution in [0.4, 0.5) is 0 Å². The standard InChI is InChI=1S/C52H99NO5/c1-3-5-7-9-11-13-14-15-19-23-26-30-34-38-42-46-52(57)58-47-43-39-35-31-27-24-21-18-16-17-20-22-25-29-33-37-41-45-51(56)53-49(48-54)50(55)44-40-36-32-28-12-10-8-6-4-2/h15,19,40,44,49-50,54-55H,3-14,16-18,20-39,41-43,45-48H2,1-2H3,(H,53,56)/b19-15-,44-40+. The van der Waals surface area contributed by atoms with Crippen LogP contribution in [0.2, 0.25) is 0 Å². The number of allylic oxidation sites excluding steroid dienone is 3. The average Bonchev–Trinajstić information content (AvgIpc) is 3.22. The molecule has 0 rings (SSSR count). The Morgan fingerprint density at radius 2 is 0.810 bits per heavy atom. The van der Waals surface area contributed by atoms with Crippen LogP contribution >= 0.6 is 0 Å². The number of ether oxygens (including phenoxy) is 1. The number of amides is 1. The summed E-state index contributed by atoms with van der Waals surface area (Å²) in [6.07, 6.45) is 56.1. The van der Waals surface area contributed by atoms with E-state index in [2.05, 4.69) is 31.3 Å². The van der Waals surface area contributed by atoms with Gasteiger partial charge >= 0.3 is 5.97 Å². The fraction of sp³-hybridized carbons (Fsp3) is 0.885. The predicted molar refractivity (Wildman–Crippen MR) is 250 cm³/mol. The summed E-state index contributed by atoms with van der Waals surface area (Å²) >= 11 is 0. The molecule has 0 heterocycles. The van der Waals surface area contributed by atoms with Gasteiger partial charge in [-0.1, -0.05) is 224 Å². The van der Waals surface area contributed by atoms with Gasteiger partial charge in [0.2, 0.25) is 5.91 Å². The molecule has 0 spiro atoms. The molecule has 6 nitrogen and oxygen atoms in total. The molecule has 0 bridgehead atoms. The van der Waals surface area contributed by atoms with Gasteiger partial charge in [-0.05, 0) is 57.8 Å². The van der Waals surface area contributed by atoms with Gasteiger partial charge in [0.05, 0.1) is 25.4 Å². The Bertz CT molecular complexity index is 904. The van der Waals surface area contributed by atoms with E-state index >= 15 is 0 Å². The maximum atomic E-state index is 12.4. The van der Waals surface area contributed by atoms with Crippen molar-refractivity contribution in [2.45, 2.75) is 283 Å². The molecular weight excluding hydrogens is 719 g/mol. The molecule has 1 amide bonds. The Kier molecular flexibility index (Phi) is 46.6. The molecule has 0 fully saturated rings. The number of rotatable bonds is 47. The van der Waals surface area contributed by atoms with Crippen LogP contribution in [0.25, 0.3) is 0 Å². The lowest BCUT2D eigenvalue weighted by Gasteiger charge is -2.20. The van der Waals surface area contributed by atoms with Gasteiger partial charge < -0.3 is 20.3 Å². The van der Waals surface area contributed by atoms with Gasteiger partial charge in [0, 0.05) is 12.8 Å². The van der Waals surface area contributed by atoms with Gasteiger partial charge in [0.1, 0.15) is 0 Å². The highest BCUT2D eigenvalue weighted by Crippen LogP contribution is 2.16. The largest absolute Gasteiger partial charge is 0.466 e. The fourth-order valence-corrected chi connectivity index (χ4v) is 7.74. The Hall–Kier alpha value is -1.66. The Labute approximate surface area is 361 Å². The summed E-state index contributed by atoms with van der Waals surface area (Å²) in [5, 5.41) is 22.9. The molecular formula is C52H99NO5. The van der Waals surface area contributed by atoms with E-state index in [1.165, 1.54) is 199 Å². The second-order valence-corrected chi connectivity index (χ2v) is 17.5. The molecule has 0 saturated carbocycles. The number of esters is 1. The fourth-order valence-electron chi connectivity index (χ4n) is 7.74. The van der Waals surface area contributed by atoms with Crippen LogP contribution in [-0.2, 0) is 14.3 Å². The van der Waals surface area contributed by atoms with Crippen LogP contribution in [0.1, 0.15) is 271 Å². The smallest absolute Gasteiger partial charge is 0.305 e. The Balaban J connectivity index is 3.41. The van der Waals surface area contributed by atoms with Crippen molar-refractivity contribution in [3.63, 3.8) is 0 Å².